The molecule has 64 valence electrons. The van der Waals surface area contributed by atoms with Gasteiger partial charge in [0.05, 0.1) is 7.11 Å². The lowest BCUT2D eigenvalue weighted by Crippen LogP contribution is -2.29. The van der Waals surface area contributed by atoms with Gasteiger partial charge in [-0.15, -0.1) is 0 Å². The maximum atomic E-state index is 9.41. The smallest absolute Gasteiger partial charge is 0.324 e. The summed E-state index contributed by atoms with van der Waals surface area (Å²) in [6, 6.07) is 3.56. The minimum atomic E-state index is -0.414. The molecule has 12 heavy (non-hydrogen) atoms. The Balaban J connectivity index is 2.77. The quantitative estimate of drug-likeness (QED) is 0.655. The Morgan fingerprint density at radius 3 is 2.75 bits per heavy atom. The van der Waals surface area contributed by atoms with Gasteiger partial charge in [-0.25, -0.2) is 4.98 Å². The molecule has 0 saturated carbocycles. The number of aromatic nitrogens is 1. The zero-order valence-corrected chi connectivity index (χ0v) is 7.32. The van der Waals surface area contributed by atoms with Crippen molar-refractivity contribution in [3.05, 3.63) is 18.3 Å². The summed E-state index contributed by atoms with van der Waals surface area (Å²) in [6.07, 6.45) is 2.33. The molecular formula is C8H12BNO2. The van der Waals surface area contributed by atoms with Crippen LogP contribution in [0, 0.1) is 0 Å². The molecule has 0 fully saturated rings. The maximum Gasteiger partial charge on any atom is 0.324 e. The predicted molar refractivity (Wildman–Crippen MR) is 48.9 cm³/mol. The number of methoxy groups -OCH3 is 1. The summed E-state index contributed by atoms with van der Waals surface area (Å²) >= 11 is 0. The first-order valence-electron chi connectivity index (χ1n) is 3.96. The molecule has 1 rings (SSSR count). The Hall–Kier alpha value is -1.03. The fourth-order valence-electron chi connectivity index (χ4n) is 0.945. The molecule has 0 aliphatic rings. The average molecular weight is 165 g/mol. The third-order valence-electron chi connectivity index (χ3n) is 1.74. The number of pyridine rings is 1. The van der Waals surface area contributed by atoms with Gasteiger partial charge in [-0.05, 0) is 17.8 Å². The lowest BCUT2D eigenvalue weighted by molar-refractivity contribution is 0.398. The van der Waals surface area contributed by atoms with Gasteiger partial charge in [-0.3, -0.25) is 0 Å². The van der Waals surface area contributed by atoms with E-state index in [1.807, 2.05) is 13.0 Å². The second-order valence-electron chi connectivity index (χ2n) is 2.56. The molecule has 0 saturated heterocycles. The maximum absolute atomic E-state index is 9.41. The minimum Gasteiger partial charge on any atom is -0.481 e. The third kappa shape index (κ3) is 1.98. The van der Waals surface area contributed by atoms with Crippen molar-refractivity contribution >= 4 is 12.4 Å². The predicted octanol–water partition coefficient (Wildman–Crippen LogP) is 0.301. The molecule has 1 aromatic heterocycles. The zero-order chi connectivity index (χ0) is 8.97. The Kier molecular flexibility index (Phi) is 3.11. The summed E-state index contributed by atoms with van der Waals surface area (Å²) in [7, 11) is 1.57. The van der Waals surface area contributed by atoms with Crippen molar-refractivity contribution in [2.75, 3.05) is 7.11 Å². The summed E-state index contributed by atoms with van der Waals surface area (Å²) in [5, 5.41) is 9.41. The second kappa shape index (κ2) is 4.11. The molecule has 0 unspecified atom stereocenters. The van der Waals surface area contributed by atoms with Crippen LogP contribution in [0.3, 0.4) is 0 Å². The van der Waals surface area contributed by atoms with Crippen LogP contribution in [0.5, 0.6) is 5.88 Å². The summed E-state index contributed by atoms with van der Waals surface area (Å²) in [5.74, 6) is 0.571. The van der Waals surface area contributed by atoms with Crippen molar-refractivity contribution in [2.24, 2.45) is 0 Å². The monoisotopic (exact) mass is 165 g/mol. The first-order valence-corrected chi connectivity index (χ1v) is 3.96. The van der Waals surface area contributed by atoms with Gasteiger partial charge in [-0.2, -0.15) is 0 Å². The third-order valence-corrected chi connectivity index (χ3v) is 1.74. The van der Waals surface area contributed by atoms with Crippen LogP contribution < -0.4 is 10.2 Å². The molecule has 0 amide bonds. The number of ether oxygens (including phenoxy) is 1. The number of rotatable bonds is 3. The highest BCUT2D eigenvalue weighted by molar-refractivity contribution is 6.65. The van der Waals surface area contributed by atoms with Crippen LogP contribution >= 0.6 is 0 Å². The first kappa shape index (κ1) is 9.07. The molecule has 1 aromatic rings. The Morgan fingerprint density at radius 2 is 2.33 bits per heavy atom. The molecule has 0 aliphatic heterocycles. The number of hydrogen-bond acceptors (Lipinski definition) is 3. The van der Waals surface area contributed by atoms with Crippen LogP contribution in [0.1, 0.15) is 6.92 Å². The van der Waals surface area contributed by atoms with E-state index >= 15 is 0 Å². The molecule has 4 heteroatoms. The van der Waals surface area contributed by atoms with Gasteiger partial charge in [0.1, 0.15) is 0 Å². The van der Waals surface area contributed by atoms with Gasteiger partial charge in [0.2, 0.25) is 5.88 Å². The van der Waals surface area contributed by atoms with Crippen molar-refractivity contribution in [3.8, 4) is 5.88 Å². The molecule has 1 heterocycles. The van der Waals surface area contributed by atoms with Crippen molar-refractivity contribution < 1.29 is 9.76 Å². The Labute approximate surface area is 72.5 Å². The Bertz CT molecular complexity index is 237. The van der Waals surface area contributed by atoms with E-state index in [1.165, 1.54) is 0 Å². The molecule has 0 radical (unpaired) electrons. The molecule has 3 nitrogen and oxygen atoms in total. The average Bonchev–Trinajstić information content (AvgIpc) is 2.17. The van der Waals surface area contributed by atoms with Gasteiger partial charge in [0, 0.05) is 6.20 Å². The molecule has 0 aliphatic carbocycles. The van der Waals surface area contributed by atoms with E-state index in [-0.39, 0.29) is 0 Å². The van der Waals surface area contributed by atoms with E-state index < -0.39 is 6.92 Å². The SMILES string of the molecule is CCB(O)c1ccc(OC)nc1. The Morgan fingerprint density at radius 1 is 1.58 bits per heavy atom. The van der Waals surface area contributed by atoms with Crippen molar-refractivity contribution in [3.63, 3.8) is 0 Å². The van der Waals surface area contributed by atoms with E-state index in [9.17, 15) is 5.02 Å². The summed E-state index contributed by atoms with van der Waals surface area (Å²) in [5.41, 5.74) is 0.832. The van der Waals surface area contributed by atoms with Gasteiger partial charge in [-0.1, -0.05) is 13.0 Å². The highest BCUT2D eigenvalue weighted by Gasteiger charge is 2.10. The summed E-state index contributed by atoms with van der Waals surface area (Å²) in [6.45, 7) is 1.51. The van der Waals surface area contributed by atoms with Crippen LogP contribution in [-0.4, -0.2) is 24.0 Å². The van der Waals surface area contributed by atoms with Gasteiger partial charge in [0.25, 0.3) is 0 Å². The molecule has 0 atom stereocenters. The van der Waals surface area contributed by atoms with Gasteiger partial charge < -0.3 is 9.76 Å². The van der Waals surface area contributed by atoms with Crippen LogP contribution in [0.2, 0.25) is 6.32 Å². The fraction of sp³-hybridized carbons (Fsp3) is 0.375. The molecule has 0 spiro atoms. The van der Waals surface area contributed by atoms with Crippen LogP contribution in [0.25, 0.3) is 0 Å². The largest absolute Gasteiger partial charge is 0.481 e. The highest BCUT2D eigenvalue weighted by atomic mass is 16.5. The topological polar surface area (TPSA) is 42.4 Å². The number of hydrogen-bond donors (Lipinski definition) is 1. The lowest BCUT2D eigenvalue weighted by atomic mass is 9.60. The van der Waals surface area contributed by atoms with Crippen LogP contribution in [0.15, 0.2) is 18.3 Å². The van der Waals surface area contributed by atoms with Gasteiger partial charge >= 0.3 is 6.92 Å². The second-order valence-corrected chi connectivity index (χ2v) is 2.56. The fourth-order valence-corrected chi connectivity index (χ4v) is 0.945. The van der Waals surface area contributed by atoms with Crippen molar-refractivity contribution in [1.29, 1.82) is 0 Å². The summed E-state index contributed by atoms with van der Waals surface area (Å²) < 4.78 is 4.89. The van der Waals surface area contributed by atoms with E-state index in [0.29, 0.717) is 12.2 Å². The first-order chi connectivity index (χ1) is 5.77. The van der Waals surface area contributed by atoms with E-state index in [1.54, 1.807) is 19.4 Å². The zero-order valence-electron chi connectivity index (χ0n) is 7.32. The molecule has 1 N–H and O–H groups in total. The van der Waals surface area contributed by atoms with Crippen LogP contribution in [-0.2, 0) is 0 Å². The van der Waals surface area contributed by atoms with Gasteiger partial charge in [0.15, 0.2) is 0 Å². The van der Waals surface area contributed by atoms with E-state index in [4.69, 9.17) is 4.74 Å². The van der Waals surface area contributed by atoms with Crippen molar-refractivity contribution in [2.45, 2.75) is 13.2 Å². The standard InChI is InChI=1S/C8H12BNO2/c1-3-9(11)7-4-5-8(12-2)10-6-7/h4-6,11H,3H2,1-2H3. The lowest BCUT2D eigenvalue weighted by Gasteiger charge is -2.03. The van der Waals surface area contributed by atoms with E-state index in [2.05, 4.69) is 4.98 Å². The highest BCUT2D eigenvalue weighted by Crippen LogP contribution is 2.01. The molecule has 0 bridgehead atoms. The normalized spacial score (nSPS) is 9.58. The van der Waals surface area contributed by atoms with Crippen molar-refractivity contribution in [1.82, 2.24) is 4.98 Å². The number of nitrogens with zero attached hydrogens (tertiary/aromatic N) is 1. The summed E-state index contributed by atoms with van der Waals surface area (Å²) in [4.78, 5) is 3.98. The molecule has 0 aromatic carbocycles. The van der Waals surface area contributed by atoms with Crippen LogP contribution in [0.4, 0.5) is 0 Å². The van der Waals surface area contributed by atoms with E-state index in [0.717, 1.165) is 5.46 Å². The molecular weight excluding hydrogens is 153 g/mol. The minimum absolute atomic E-state index is 0.414.